The molecular weight excluding hydrogens is 463 g/mol. The van der Waals surface area contributed by atoms with Crippen molar-refractivity contribution in [3.05, 3.63) is 62.2 Å². The van der Waals surface area contributed by atoms with Crippen molar-refractivity contribution in [2.75, 3.05) is 20.2 Å². The van der Waals surface area contributed by atoms with E-state index in [1.807, 2.05) is 24.3 Å². The molecule has 26 heavy (non-hydrogen) atoms. The minimum atomic E-state index is -0.0416. The number of nitrogens with one attached hydrogen (secondary N) is 1. The molecule has 0 aliphatic carbocycles. The quantitative estimate of drug-likeness (QED) is 0.642. The summed E-state index contributed by atoms with van der Waals surface area (Å²) in [6, 6.07) is 13.7. The molecule has 2 aromatic rings. The Morgan fingerprint density at radius 3 is 2.73 bits per heavy atom. The molecule has 138 valence electrons. The molecule has 0 bridgehead atoms. The van der Waals surface area contributed by atoms with E-state index in [2.05, 4.69) is 38.9 Å². The summed E-state index contributed by atoms with van der Waals surface area (Å²) >= 11 is 8.19. The van der Waals surface area contributed by atoms with Crippen LogP contribution >= 0.6 is 34.2 Å². The van der Waals surface area contributed by atoms with Crippen molar-refractivity contribution in [2.24, 2.45) is 0 Å². The van der Waals surface area contributed by atoms with Crippen molar-refractivity contribution in [1.82, 2.24) is 10.2 Å². The Kier molecular flexibility index (Phi) is 6.78. The monoisotopic (exact) mass is 484 g/mol. The minimum Gasteiger partial charge on any atom is -0.496 e. The lowest BCUT2D eigenvalue weighted by Gasteiger charge is -2.32. The van der Waals surface area contributed by atoms with Crippen LogP contribution in [0.1, 0.15) is 28.8 Å². The molecule has 0 unspecified atom stereocenters. The van der Waals surface area contributed by atoms with Gasteiger partial charge in [0, 0.05) is 39.8 Å². The molecule has 1 N–H and O–H groups in total. The Labute approximate surface area is 173 Å². The van der Waals surface area contributed by atoms with Crippen LogP contribution in [-0.2, 0) is 6.54 Å². The number of hydrogen-bond acceptors (Lipinski definition) is 3. The highest BCUT2D eigenvalue weighted by molar-refractivity contribution is 14.1. The van der Waals surface area contributed by atoms with Gasteiger partial charge in [-0.15, -0.1) is 0 Å². The third-order valence-corrected chi connectivity index (χ3v) is 5.86. The predicted octanol–water partition coefficient (Wildman–Crippen LogP) is 4.35. The lowest BCUT2D eigenvalue weighted by Crippen LogP contribution is -2.44. The zero-order valence-corrected chi connectivity index (χ0v) is 17.6. The van der Waals surface area contributed by atoms with Gasteiger partial charge in [0.15, 0.2) is 0 Å². The van der Waals surface area contributed by atoms with Crippen LogP contribution in [0.5, 0.6) is 5.75 Å². The highest BCUT2D eigenvalue weighted by Gasteiger charge is 2.22. The summed E-state index contributed by atoms with van der Waals surface area (Å²) in [4.78, 5) is 14.9. The number of rotatable bonds is 5. The lowest BCUT2D eigenvalue weighted by molar-refractivity contribution is 0.0908. The molecule has 0 radical (unpaired) electrons. The second-order valence-corrected chi connectivity index (χ2v) is 8.06. The lowest BCUT2D eigenvalue weighted by atomic mass is 10.0. The summed E-state index contributed by atoms with van der Waals surface area (Å²) in [6.45, 7) is 2.78. The Balaban J connectivity index is 1.54. The van der Waals surface area contributed by atoms with Crippen molar-refractivity contribution < 1.29 is 9.53 Å². The summed E-state index contributed by atoms with van der Waals surface area (Å²) in [6.07, 6.45) is 1.88. The average Bonchev–Trinajstić information content (AvgIpc) is 2.65. The number of benzene rings is 2. The smallest absolute Gasteiger partial charge is 0.252 e. The van der Waals surface area contributed by atoms with E-state index < -0.39 is 0 Å². The van der Waals surface area contributed by atoms with E-state index in [1.54, 1.807) is 19.2 Å². The van der Waals surface area contributed by atoms with E-state index in [1.165, 1.54) is 5.56 Å². The number of para-hydroxylation sites is 1. The topological polar surface area (TPSA) is 41.6 Å². The Hall–Kier alpha value is -1.31. The molecule has 4 nitrogen and oxygen atoms in total. The van der Waals surface area contributed by atoms with Gasteiger partial charge in [0.25, 0.3) is 5.91 Å². The van der Waals surface area contributed by atoms with Crippen molar-refractivity contribution in [2.45, 2.75) is 25.4 Å². The van der Waals surface area contributed by atoms with Crippen molar-refractivity contribution >= 4 is 40.1 Å². The van der Waals surface area contributed by atoms with Gasteiger partial charge in [0.05, 0.1) is 12.7 Å². The number of methoxy groups -OCH3 is 1. The maximum Gasteiger partial charge on any atom is 0.252 e. The fraction of sp³-hybridized carbons (Fsp3) is 0.350. The fourth-order valence-electron chi connectivity index (χ4n) is 3.24. The second kappa shape index (κ2) is 9.06. The van der Waals surface area contributed by atoms with Crippen LogP contribution in [0.25, 0.3) is 0 Å². The first-order valence-electron chi connectivity index (χ1n) is 8.67. The first kappa shape index (κ1) is 19.5. The summed E-state index contributed by atoms with van der Waals surface area (Å²) in [5, 5.41) is 3.74. The number of carbonyl (C=O) groups excluding carboxylic acids is 1. The molecule has 1 aliphatic rings. The molecule has 1 aliphatic heterocycles. The molecule has 0 spiro atoms. The van der Waals surface area contributed by atoms with Gasteiger partial charge >= 0.3 is 0 Å². The molecule has 0 saturated carbocycles. The molecule has 1 fully saturated rings. The van der Waals surface area contributed by atoms with Gasteiger partial charge in [-0.1, -0.05) is 29.8 Å². The summed E-state index contributed by atoms with van der Waals surface area (Å²) < 4.78 is 6.35. The van der Waals surface area contributed by atoms with Gasteiger partial charge in [0.1, 0.15) is 5.75 Å². The van der Waals surface area contributed by atoms with Crippen LogP contribution in [0.2, 0.25) is 5.02 Å². The van der Waals surface area contributed by atoms with Gasteiger partial charge in [-0.2, -0.15) is 0 Å². The number of nitrogens with zero attached hydrogens (tertiary/aromatic N) is 1. The third-order valence-electron chi connectivity index (χ3n) is 4.68. The SMILES string of the molecule is COc1ccccc1CN1CCC(NC(=O)c2cc(Cl)ccc2I)CC1. The number of hydrogen-bond donors (Lipinski definition) is 1. The second-order valence-electron chi connectivity index (χ2n) is 6.46. The Morgan fingerprint density at radius 2 is 2.00 bits per heavy atom. The molecule has 1 heterocycles. The number of piperidine rings is 1. The number of halogens is 2. The zero-order valence-electron chi connectivity index (χ0n) is 14.7. The summed E-state index contributed by atoms with van der Waals surface area (Å²) in [5.74, 6) is 0.888. The van der Waals surface area contributed by atoms with Crippen LogP contribution in [0.4, 0.5) is 0 Å². The van der Waals surface area contributed by atoms with E-state index >= 15 is 0 Å². The van der Waals surface area contributed by atoms with Gasteiger partial charge in [-0.25, -0.2) is 0 Å². The van der Waals surface area contributed by atoms with E-state index in [-0.39, 0.29) is 11.9 Å². The van der Waals surface area contributed by atoms with Crippen LogP contribution in [0.3, 0.4) is 0 Å². The Bertz CT molecular complexity index is 776. The van der Waals surface area contributed by atoms with E-state index in [0.29, 0.717) is 10.6 Å². The molecule has 6 heteroatoms. The van der Waals surface area contributed by atoms with Gasteiger partial charge in [-0.3, -0.25) is 9.69 Å². The first-order chi connectivity index (χ1) is 12.6. The summed E-state index contributed by atoms with van der Waals surface area (Å²) in [7, 11) is 1.71. The first-order valence-corrected chi connectivity index (χ1v) is 10.1. The molecule has 0 atom stereocenters. The maximum absolute atomic E-state index is 12.5. The van der Waals surface area contributed by atoms with Gasteiger partial charge in [0.2, 0.25) is 0 Å². The number of ether oxygens (including phenoxy) is 1. The minimum absolute atomic E-state index is 0.0416. The van der Waals surface area contributed by atoms with Crippen molar-refractivity contribution in [1.29, 1.82) is 0 Å². The number of amides is 1. The fourth-order valence-corrected chi connectivity index (χ4v) is 4.00. The predicted molar refractivity (Wildman–Crippen MR) is 113 cm³/mol. The highest BCUT2D eigenvalue weighted by atomic mass is 127. The van der Waals surface area contributed by atoms with Crippen LogP contribution < -0.4 is 10.1 Å². The number of likely N-dealkylation sites (tertiary alicyclic amines) is 1. The van der Waals surface area contributed by atoms with E-state index in [4.69, 9.17) is 16.3 Å². The van der Waals surface area contributed by atoms with Crippen molar-refractivity contribution in [3.63, 3.8) is 0 Å². The van der Waals surface area contributed by atoms with Crippen molar-refractivity contribution in [3.8, 4) is 5.75 Å². The van der Waals surface area contributed by atoms with Gasteiger partial charge in [-0.05, 0) is 59.7 Å². The normalized spacial score (nSPS) is 15.7. The maximum atomic E-state index is 12.5. The third kappa shape index (κ3) is 4.90. The van der Waals surface area contributed by atoms with Crippen LogP contribution in [-0.4, -0.2) is 37.0 Å². The largest absolute Gasteiger partial charge is 0.496 e. The van der Waals surface area contributed by atoms with Crippen LogP contribution in [0, 0.1) is 3.57 Å². The van der Waals surface area contributed by atoms with Gasteiger partial charge < -0.3 is 10.1 Å². The standard InChI is InChI=1S/C20H22ClIN2O2/c1-26-19-5-3-2-4-14(19)13-24-10-8-16(9-11-24)23-20(25)17-12-15(21)6-7-18(17)22/h2-7,12,16H,8-11,13H2,1H3,(H,23,25). The van der Waals surface area contributed by atoms with Crippen LogP contribution in [0.15, 0.2) is 42.5 Å². The molecule has 0 aromatic heterocycles. The molecule has 1 amide bonds. The summed E-state index contributed by atoms with van der Waals surface area (Å²) in [5.41, 5.74) is 1.85. The zero-order chi connectivity index (χ0) is 18.5. The molecule has 2 aromatic carbocycles. The molecular formula is C20H22ClIN2O2. The molecule has 1 saturated heterocycles. The molecule has 3 rings (SSSR count). The van der Waals surface area contributed by atoms with E-state index in [9.17, 15) is 4.79 Å². The van der Waals surface area contributed by atoms with E-state index in [0.717, 1.165) is 41.8 Å². The Morgan fingerprint density at radius 1 is 1.27 bits per heavy atom. The average molecular weight is 485 g/mol. The highest BCUT2D eigenvalue weighted by Crippen LogP contribution is 2.22. The number of carbonyl (C=O) groups is 1.